The number of ether oxygens (including phenoxy) is 2. The van der Waals surface area contributed by atoms with Crippen molar-refractivity contribution in [1.82, 2.24) is 14.7 Å². The first-order chi connectivity index (χ1) is 17.9. The quantitative estimate of drug-likeness (QED) is 0.322. The summed E-state index contributed by atoms with van der Waals surface area (Å²) in [5.41, 5.74) is 6.35. The monoisotopic (exact) mass is 522 g/mol. The number of methoxy groups -OCH3 is 1. The lowest BCUT2D eigenvalue weighted by molar-refractivity contribution is 0.0712. The Morgan fingerprint density at radius 1 is 1.00 bits per heavy atom. The van der Waals surface area contributed by atoms with Crippen molar-refractivity contribution < 1.29 is 9.47 Å². The second-order valence-corrected chi connectivity index (χ2v) is 10.8. The Labute approximate surface area is 226 Å². The van der Waals surface area contributed by atoms with E-state index in [2.05, 4.69) is 53.0 Å². The average Bonchev–Trinajstić information content (AvgIpc) is 3.33. The topological polar surface area (TPSA) is 42.8 Å². The molecule has 6 nitrogen and oxygen atoms in total. The molecule has 2 aliphatic rings. The molecule has 0 bridgehead atoms. The fraction of sp³-hybridized carbons (Fsp3) is 0.500. The van der Waals surface area contributed by atoms with Crippen LogP contribution in [0.15, 0.2) is 42.6 Å². The second-order valence-electron chi connectivity index (χ2n) is 10.4. The molecule has 37 heavy (non-hydrogen) atoms. The summed E-state index contributed by atoms with van der Waals surface area (Å²) in [7, 11) is 1.68. The van der Waals surface area contributed by atoms with Gasteiger partial charge in [0.15, 0.2) is 0 Å². The fourth-order valence-corrected chi connectivity index (χ4v) is 6.19. The molecule has 0 spiro atoms. The van der Waals surface area contributed by atoms with Gasteiger partial charge in [-0.1, -0.05) is 17.7 Å². The van der Waals surface area contributed by atoms with Gasteiger partial charge in [0.1, 0.15) is 11.5 Å². The van der Waals surface area contributed by atoms with Gasteiger partial charge in [0.05, 0.1) is 24.4 Å². The smallest absolute Gasteiger partial charge is 0.139 e. The summed E-state index contributed by atoms with van der Waals surface area (Å²) in [6, 6.07) is 13.7. The third-order valence-corrected chi connectivity index (χ3v) is 8.46. The predicted octanol–water partition coefficient (Wildman–Crippen LogP) is 6.36. The Hall–Kier alpha value is -2.70. The number of anilines is 1. The summed E-state index contributed by atoms with van der Waals surface area (Å²) < 4.78 is 13.7. The molecule has 3 aromatic rings. The first-order valence-corrected chi connectivity index (χ1v) is 13.9. The summed E-state index contributed by atoms with van der Waals surface area (Å²) in [4.78, 5) is 5.24. The van der Waals surface area contributed by atoms with Crippen LogP contribution in [0.3, 0.4) is 0 Å². The second kappa shape index (κ2) is 11.4. The molecule has 1 unspecified atom stereocenters. The number of aryl methyl sites for hydroxylation is 2. The predicted molar refractivity (Wildman–Crippen MR) is 150 cm³/mol. The fourth-order valence-electron chi connectivity index (χ4n) is 5.99. The summed E-state index contributed by atoms with van der Waals surface area (Å²) in [6.07, 6.45) is 6.69. The molecule has 0 saturated carbocycles. The Balaban J connectivity index is 1.23. The van der Waals surface area contributed by atoms with Crippen LogP contribution >= 0.6 is 11.6 Å². The van der Waals surface area contributed by atoms with Gasteiger partial charge in [-0.2, -0.15) is 5.10 Å². The number of fused-ring (bicyclic) bond motifs is 1. The minimum atomic E-state index is 0.469. The minimum absolute atomic E-state index is 0.469. The lowest BCUT2D eigenvalue weighted by Gasteiger charge is -2.49. The molecule has 2 fully saturated rings. The van der Waals surface area contributed by atoms with Gasteiger partial charge in [-0.05, 0) is 81.0 Å². The zero-order valence-corrected chi connectivity index (χ0v) is 23.3. The number of aromatic nitrogens is 2. The zero-order chi connectivity index (χ0) is 25.9. The van der Waals surface area contributed by atoms with Crippen LogP contribution in [-0.2, 0) is 6.54 Å². The number of hydrogen-bond acceptors (Lipinski definition) is 5. The average molecular weight is 523 g/mol. The van der Waals surface area contributed by atoms with Crippen molar-refractivity contribution in [3.05, 3.63) is 70.0 Å². The summed E-state index contributed by atoms with van der Waals surface area (Å²) >= 11 is 6.27. The van der Waals surface area contributed by atoms with E-state index in [4.69, 9.17) is 21.1 Å². The van der Waals surface area contributed by atoms with Crippen molar-refractivity contribution in [2.45, 2.75) is 65.1 Å². The highest BCUT2D eigenvalue weighted by Gasteiger charge is 2.36. The number of rotatable bonds is 8. The Morgan fingerprint density at radius 3 is 2.65 bits per heavy atom. The largest absolute Gasteiger partial charge is 0.495 e. The molecule has 198 valence electrons. The normalized spacial score (nSPS) is 20.1. The SMILES string of the molecule is COc1cc(N2CCN3C(CCC[C@@H]3c3ccc(OCCCn4ccc(C)n4)c(C)c3C)C2)ccc1Cl. The summed E-state index contributed by atoms with van der Waals surface area (Å²) in [5.74, 6) is 1.75. The van der Waals surface area contributed by atoms with Gasteiger partial charge in [0.2, 0.25) is 0 Å². The maximum absolute atomic E-state index is 6.27. The van der Waals surface area contributed by atoms with Gasteiger partial charge in [-0.3, -0.25) is 9.58 Å². The van der Waals surface area contributed by atoms with Crippen LogP contribution in [0.2, 0.25) is 5.02 Å². The number of piperidine rings is 1. The van der Waals surface area contributed by atoms with Crippen molar-refractivity contribution in [2.75, 3.05) is 38.3 Å². The zero-order valence-electron chi connectivity index (χ0n) is 22.5. The van der Waals surface area contributed by atoms with Crippen LogP contribution < -0.4 is 14.4 Å². The van der Waals surface area contributed by atoms with Crippen molar-refractivity contribution >= 4 is 17.3 Å². The molecule has 0 N–H and O–H groups in total. The molecule has 2 aromatic carbocycles. The van der Waals surface area contributed by atoms with Gasteiger partial charge in [0.25, 0.3) is 0 Å². The van der Waals surface area contributed by atoms with Crippen molar-refractivity contribution in [2.24, 2.45) is 0 Å². The van der Waals surface area contributed by atoms with Gasteiger partial charge < -0.3 is 14.4 Å². The molecule has 5 rings (SSSR count). The molecule has 0 aliphatic carbocycles. The van der Waals surface area contributed by atoms with E-state index in [1.165, 1.54) is 41.6 Å². The van der Waals surface area contributed by atoms with Crippen molar-refractivity contribution in [3.63, 3.8) is 0 Å². The molecular formula is C30H39ClN4O2. The van der Waals surface area contributed by atoms with Gasteiger partial charge >= 0.3 is 0 Å². The first kappa shape index (κ1) is 25.9. The molecule has 2 saturated heterocycles. The lowest BCUT2D eigenvalue weighted by atomic mass is 9.86. The van der Waals surface area contributed by atoms with E-state index < -0.39 is 0 Å². The van der Waals surface area contributed by atoms with Gasteiger partial charge in [-0.15, -0.1) is 0 Å². The molecule has 2 atom stereocenters. The van der Waals surface area contributed by atoms with Gasteiger partial charge in [-0.25, -0.2) is 0 Å². The van der Waals surface area contributed by atoms with Crippen LogP contribution in [0.25, 0.3) is 0 Å². The third-order valence-electron chi connectivity index (χ3n) is 8.14. The highest BCUT2D eigenvalue weighted by molar-refractivity contribution is 6.32. The Kier molecular flexibility index (Phi) is 7.96. The van der Waals surface area contributed by atoms with Crippen LogP contribution in [0.5, 0.6) is 11.5 Å². The van der Waals surface area contributed by atoms with E-state index >= 15 is 0 Å². The maximum atomic E-state index is 6.27. The van der Waals surface area contributed by atoms with Crippen LogP contribution in [-0.4, -0.2) is 54.1 Å². The Bertz CT molecular complexity index is 1230. The molecule has 2 aliphatic heterocycles. The number of benzene rings is 2. The van der Waals surface area contributed by atoms with E-state index in [0.29, 0.717) is 23.7 Å². The van der Waals surface area contributed by atoms with E-state index in [1.54, 1.807) is 7.11 Å². The Morgan fingerprint density at radius 2 is 1.86 bits per heavy atom. The highest BCUT2D eigenvalue weighted by atomic mass is 35.5. The molecule has 3 heterocycles. The van der Waals surface area contributed by atoms with E-state index in [1.807, 2.05) is 29.9 Å². The van der Waals surface area contributed by atoms with Crippen LogP contribution in [0, 0.1) is 20.8 Å². The highest BCUT2D eigenvalue weighted by Crippen LogP contribution is 2.40. The third kappa shape index (κ3) is 5.60. The first-order valence-electron chi connectivity index (χ1n) is 13.5. The molecule has 0 radical (unpaired) electrons. The van der Waals surface area contributed by atoms with Crippen molar-refractivity contribution in [1.29, 1.82) is 0 Å². The van der Waals surface area contributed by atoms with Crippen LogP contribution in [0.4, 0.5) is 5.69 Å². The van der Waals surface area contributed by atoms with E-state index in [-0.39, 0.29) is 0 Å². The lowest BCUT2D eigenvalue weighted by Crippen LogP contribution is -2.56. The van der Waals surface area contributed by atoms with E-state index in [9.17, 15) is 0 Å². The number of nitrogens with zero attached hydrogens (tertiary/aromatic N) is 4. The summed E-state index contributed by atoms with van der Waals surface area (Å²) in [5, 5.41) is 5.12. The molecule has 7 heteroatoms. The van der Waals surface area contributed by atoms with Crippen LogP contribution in [0.1, 0.15) is 54.1 Å². The minimum Gasteiger partial charge on any atom is -0.495 e. The molecular weight excluding hydrogens is 484 g/mol. The molecule has 1 aromatic heterocycles. The van der Waals surface area contributed by atoms with Crippen molar-refractivity contribution in [3.8, 4) is 11.5 Å². The standard InChI is InChI=1S/C30H39ClN4O2/c1-21-13-15-34(32-21)14-6-18-37-29-12-10-26(22(2)23(29)3)28-8-5-7-25-20-33(16-17-35(25)28)24-9-11-27(31)30(19-24)36-4/h9-13,15,19,25,28H,5-8,14,16-18,20H2,1-4H3/t25?,28-/m1/s1. The number of piperazine rings is 1. The van der Waals surface area contributed by atoms with Gasteiger partial charge in [0, 0.05) is 62.6 Å². The van der Waals surface area contributed by atoms with E-state index in [0.717, 1.165) is 49.8 Å². The number of halogens is 1. The maximum Gasteiger partial charge on any atom is 0.139 e. The molecule has 0 amide bonds. The summed E-state index contributed by atoms with van der Waals surface area (Å²) in [6.45, 7) is 11.2. The number of hydrogen-bond donors (Lipinski definition) is 0.